The molecule has 0 fully saturated rings. The quantitative estimate of drug-likeness (QED) is 0.860. The van der Waals surface area contributed by atoms with Gasteiger partial charge < -0.3 is 10.1 Å². The fourth-order valence-electron chi connectivity index (χ4n) is 2.74. The van der Waals surface area contributed by atoms with Crippen molar-refractivity contribution < 1.29 is 9.53 Å². The van der Waals surface area contributed by atoms with Gasteiger partial charge in [-0.15, -0.1) is 0 Å². The molecule has 20 heavy (non-hydrogen) atoms. The molecule has 1 aromatic heterocycles. The van der Waals surface area contributed by atoms with Crippen molar-refractivity contribution in [3.8, 4) is 5.75 Å². The van der Waals surface area contributed by atoms with Gasteiger partial charge in [0.1, 0.15) is 5.69 Å². The molecule has 1 aliphatic rings. The van der Waals surface area contributed by atoms with Gasteiger partial charge in [-0.25, -0.2) is 0 Å². The highest BCUT2D eigenvalue weighted by Gasteiger charge is 2.30. The van der Waals surface area contributed by atoms with Gasteiger partial charge in [0.15, 0.2) is 11.5 Å². The molecular formula is C15H17N3O2. The standard InChI is InChI=1S/C15H17N3O2/c1-18-14(13(20-2)9-17-18)15(19)12-8-16-7-10-5-3-4-6-11(10)12/h3-6,9,12,16H,7-8H2,1-2H3. The molecule has 1 atom stereocenters. The predicted molar refractivity (Wildman–Crippen MR) is 75.0 cm³/mol. The van der Waals surface area contributed by atoms with E-state index in [-0.39, 0.29) is 11.7 Å². The van der Waals surface area contributed by atoms with Crippen LogP contribution in [0.1, 0.15) is 27.5 Å². The molecule has 1 aliphatic heterocycles. The molecule has 2 aromatic rings. The Bertz CT molecular complexity index is 648. The van der Waals surface area contributed by atoms with Crippen molar-refractivity contribution in [2.45, 2.75) is 12.5 Å². The summed E-state index contributed by atoms with van der Waals surface area (Å²) < 4.78 is 6.82. The first-order valence-electron chi connectivity index (χ1n) is 6.61. The molecule has 1 aromatic carbocycles. The minimum atomic E-state index is -0.191. The van der Waals surface area contributed by atoms with Gasteiger partial charge in [-0.05, 0) is 11.1 Å². The largest absolute Gasteiger partial charge is 0.493 e. The number of nitrogens with one attached hydrogen (secondary N) is 1. The van der Waals surface area contributed by atoms with Gasteiger partial charge in [0.25, 0.3) is 0 Å². The summed E-state index contributed by atoms with van der Waals surface area (Å²) >= 11 is 0. The van der Waals surface area contributed by atoms with Crippen LogP contribution in [0.4, 0.5) is 0 Å². The van der Waals surface area contributed by atoms with E-state index in [0.717, 1.165) is 12.1 Å². The van der Waals surface area contributed by atoms with E-state index < -0.39 is 0 Å². The number of rotatable bonds is 3. The smallest absolute Gasteiger partial charge is 0.193 e. The molecule has 5 nitrogen and oxygen atoms in total. The molecule has 104 valence electrons. The van der Waals surface area contributed by atoms with E-state index in [1.807, 2.05) is 18.2 Å². The second-order valence-electron chi connectivity index (χ2n) is 4.93. The van der Waals surface area contributed by atoms with Crippen LogP contribution in [0.3, 0.4) is 0 Å². The van der Waals surface area contributed by atoms with Crippen LogP contribution in [0, 0.1) is 0 Å². The number of carbonyl (C=O) groups is 1. The van der Waals surface area contributed by atoms with E-state index in [0.29, 0.717) is 18.0 Å². The van der Waals surface area contributed by atoms with E-state index in [1.54, 1.807) is 25.0 Å². The molecule has 1 unspecified atom stereocenters. The minimum Gasteiger partial charge on any atom is -0.493 e. The molecule has 5 heteroatoms. The van der Waals surface area contributed by atoms with Gasteiger partial charge in [-0.3, -0.25) is 9.48 Å². The summed E-state index contributed by atoms with van der Waals surface area (Å²) in [7, 11) is 3.32. The fourth-order valence-corrected chi connectivity index (χ4v) is 2.74. The fraction of sp³-hybridized carbons (Fsp3) is 0.333. The van der Waals surface area contributed by atoms with Gasteiger partial charge in [0.2, 0.25) is 0 Å². The number of benzene rings is 1. The van der Waals surface area contributed by atoms with E-state index >= 15 is 0 Å². The average Bonchev–Trinajstić information content (AvgIpc) is 2.87. The Balaban J connectivity index is 2.02. The van der Waals surface area contributed by atoms with Crippen LogP contribution in [0.5, 0.6) is 5.75 Å². The lowest BCUT2D eigenvalue weighted by Gasteiger charge is -2.25. The van der Waals surface area contributed by atoms with Crippen LogP contribution >= 0.6 is 0 Å². The molecule has 0 saturated carbocycles. The third kappa shape index (κ3) is 2.00. The lowest BCUT2D eigenvalue weighted by molar-refractivity contribution is 0.0942. The molecule has 0 amide bonds. The van der Waals surface area contributed by atoms with E-state index in [2.05, 4.69) is 16.5 Å². The summed E-state index contributed by atoms with van der Waals surface area (Å²) in [6, 6.07) is 8.06. The van der Waals surface area contributed by atoms with Gasteiger partial charge in [0.05, 0.1) is 19.2 Å². The van der Waals surface area contributed by atoms with Crippen molar-refractivity contribution in [1.29, 1.82) is 0 Å². The summed E-state index contributed by atoms with van der Waals surface area (Å²) in [6.45, 7) is 1.45. The number of aromatic nitrogens is 2. The van der Waals surface area contributed by atoms with Crippen LogP contribution < -0.4 is 10.1 Å². The van der Waals surface area contributed by atoms with Crippen molar-refractivity contribution in [3.63, 3.8) is 0 Å². The van der Waals surface area contributed by atoms with Crippen molar-refractivity contribution >= 4 is 5.78 Å². The maximum absolute atomic E-state index is 12.8. The monoisotopic (exact) mass is 271 g/mol. The summed E-state index contributed by atoms with van der Waals surface area (Å²) in [5.74, 6) is 0.381. The topological polar surface area (TPSA) is 56.2 Å². The first kappa shape index (κ1) is 12.9. The molecule has 2 heterocycles. The number of fused-ring (bicyclic) bond motifs is 1. The summed E-state index contributed by atoms with van der Waals surface area (Å²) in [6.07, 6.45) is 1.58. The van der Waals surface area contributed by atoms with Gasteiger partial charge >= 0.3 is 0 Å². The zero-order valence-electron chi connectivity index (χ0n) is 11.6. The predicted octanol–water partition coefficient (Wildman–Crippen LogP) is 1.50. The number of hydrogen-bond donors (Lipinski definition) is 1. The second kappa shape index (κ2) is 5.09. The highest BCUT2D eigenvalue weighted by molar-refractivity contribution is 6.02. The number of nitrogens with zero attached hydrogens (tertiary/aromatic N) is 2. The number of ketones is 1. The first-order chi connectivity index (χ1) is 9.72. The van der Waals surface area contributed by atoms with Crippen LogP contribution in [0.25, 0.3) is 0 Å². The van der Waals surface area contributed by atoms with Crippen molar-refractivity contribution in [1.82, 2.24) is 15.1 Å². The van der Waals surface area contributed by atoms with Gasteiger partial charge in [-0.1, -0.05) is 24.3 Å². The third-order valence-electron chi connectivity index (χ3n) is 3.77. The van der Waals surface area contributed by atoms with Crippen LogP contribution in [0.15, 0.2) is 30.5 Å². The minimum absolute atomic E-state index is 0.0431. The summed E-state index contributed by atoms with van der Waals surface area (Å²) in [5.41, 5.74) is 2.80. The number of aryl methyl sites for hydroxylation is 1. The number of Topliss-reactive ketones (excluding diaryl/α,β-unsaturated/α-hetero) is 1. The van der Waals surface area contributed by atoms with Crippen molar-refractivity contribution in [3.05, 3.63) is 47.3 Å². The molecule has 1 N–H and O–H groups in total. The molecule has 0 spiro atoms. The van der Waals surface area contributed by atoms with E-state index in [9.17, 15) is 4.79 Å². The number of ether oxygens (including phenoxy) is 1. The Labute approximate surface area is 117 Å². The van der Waals surface area contributed by atoms with Crippen molar-refractivity contribution in [2.75, 3.05) is 13.7 Å². The van der Waals surface area contributed by atoms with Crippen molar-refractivity contribution in [2.24, 2.45) is 7.05 Å². The van der Waals surface area contributed by atoms with Crippen LogP contribution in [-0.2, 0) is 13.6 Å². The molecule has 0 saturated heterocycles. The van der Waals surface area contributed by atoms with Crippen LogP contribution in [0.2, 0.25) is 0 Å². The summed E-state index contributed by atoms with van der Waals surface area (Å²) in [5, 5.41) is 7.41. The molecule has 0 radical (unpaired) electrons. The normalized spacial score (nSPS) is 17.6. The van der Waals surface area contributed by atoms with E-state index in [4.69, 9.17) is 4.74 Å². The Morgan fingerprint density at radius 1 is 1.45 bits per heavy atom. The lowest BCUT2D eigenvalue weighted by atomic mass is 9.86. The SMILES string of the molecule is COc1cnn(C)c1C(=O)C1CNCc2ccccc21. The maximum atomic E-state index is 12.8. The van der Waals surface area contributed by atoms with Crippen LogP contribution in [-0.4, -0.2) is 29.2 Å². The van der Waals surface area contributed by atoms with Gasteiger partial charge in [0, 0.05) is 20.1 Å². The average molecular weight is 271 g/mol. The maximum Gasteiger partial charge on any atom is 0.193 e. The van der Waals surface area contributed by atoms with E-state index in [1.165, 1.54) is 5.56 Å². The zero-order chi connectivity index (χ0) is 14.1. The first-order valence-corrected chi connectivity index (χ1v) is 6.61. The number of methoxy groups -OCH3 is 1. The third-order valence-corrected chi connectivity index (χ3v) is 3.77. The molecule has 3 rings (SSSR count). The van der Waals surface area contributed by atoms with Gasteiger partial charge in [-0.2, -0.15) is 5.10 Å². The molecule has 0 aliphatic carbocycles. The Hall–Kier alpha value is -2.14. The number of carbonyl (C=O) groups excluding carboxylic acids is 1. The highest BCUT2D eigenvalue weighted by Crippen LogP contribution is 2.30. The zero-order valence-corrected chi connectivity index (χ0v) is 11.6. The Kier molecular flexibility index (Phi) is 3.28. The molecule has 0 bridgehead atoms. The number of hydrogen-bond acceptors (Lipinski definition) is 4. The highest BCUT2D eigenvalue weighted by atomic mass is 16.5. The second-order valence-corrected chi connectivity index (χ2v) is 4.93. The summed E-state index contributed by atoms with van der Waals surface area (Å²) in [4.78, 5) is 12.8. The Morgan fingerprint density at radius 3 is 3.05 bits per heavy atom. The molecular weight excluding hydrogens is 254 g/mol. The lowest BCUT2D eigenvalue weighted by Crippen LogP contribution is -2.33. The Morgan fingerprint density at radius 2 is 2.25 bits per heavy atom.